The summed E-state index contributed by atoms with van der Waals surface area (Å²) < 4.78 is 12.6. The number of furan rings is 1. The molecule has 0 bridgehead atoms. The first kappa shape index (κ1) is 15.1. The first-order chi connectivity index (χ1) is 9.69. The molecule has 0 saturated heterocycles. The second-order valence-corrected chi connectivity index (χ2v) is 5.66. The van der Waals surface area contributed by atoms with E-state index in [1.807, 2.05) is 37.3 Å². The van der Waals surface area contributed by atoms with Crippen molar-refractivity contribution in [2.45, 2.75) is 33.4 Å². The summed E-state index contributed by atoms with van der Waals surface area (Å²) in [4.78, 5) is 0. The van der Waals surface area contributed by atoms with Crippen molar-refractivity contribution in [3.05, 3.63) is 51.9 Å². The SMILES string of the molecule is CCCNCc1ccc(COc2ccc(Br)cc2C)o1. The van der Waals surface area contributed by atoms with Gasteiger partial charge in [-0.2, -0.15) is 0 Å². The molecule has 0 unspecified atom stereocenters. The Labute approximate surface area is 128 Å². The average Bonchev–Trinajstić information content (AvgIpc) is 2.86. The second-order valence-electron chi connectivity index (χ2n) is 4.74. The second kappa shape index (κ2) is 7.50. The molecule has 2 rings (SSSR count). The number of halogens is 1. The minimum atomic E-state index is 0.455. The topological polar surface area (TPSA) is 34.4 Å². The number of nitrogens with one attached hydrogen (secondary N) is 1. The largest absolute Gasteiger partial charge is 0.485 e. The van der Waals surface area contributed by atoms with Crippen LogP contribution in [0.25, 0.3) is 0 Å². The van der Waals surface area contributed by atoms with E-state index in [2.05, 4.69) is 28.2 Å². The molecule has 0 aliphatic heterocycles. The summed E-state index contributed by atoms with van der Waals surface area (Å²) >= 11 is 3.44. The normalized spacial score (nSPS) is 10.8. The summed E-state index contributed by atoms with van der Waals surface area (Å²) in [5.41, 5.74) is 1.11. The van der Waals surface area contributed by atoms with E-state index in [9.17, 15) is 0 Å². The molecule has 0 fully saturated rings. The molecule has 1 heterocycles. The minimum absolute atomic E-state index is 0.455. The van der Waals surface area contributed by atoms with Crippen LogP contribution in [0.5, 0.6) is 5.75 Å². The molecule has 0 spiro atoms. The molecule has 1 aromatic carbocycles. The average molecular weight is 338 g/mol. The van der Waals surface area contributed by atoms with Crippen LogP contribution in [0, 0.1) is 6.92 Å². The molecule has 0 aliphatic rings. The molecule has 4 heteroatoms. The van der Waals surface area contributed by atoms with Gasteiger partial charge in [0, 0.05) is 4.47 Å². The van der Waals surface area contributed by atoms with E-state index >= 15 is 0 Å². The van der Waals surface area contributed by atoms with Gasteiger partial charge in [-0.05, 0) is 55.8 Å². The van der Waals surface area contributed by atoms with E-state index in [4.69, 9.17) is 9.15 Å². The van der Waals surface area contributed by atoms with Crippen molar-refractivity contribution in [2.24, 2.45) is 0 Å². The van der Waals surface area contributed by atoms with Crippen LogP contribution in [0.3, 0.4) is 0 Å². The highest BCUT2D eigenvalue weighted by Crippen LogP contribution is 2.23. The van der Waals surface area contributed by atoms with Crippen LogP contribution >= 0.6 is 15.9 Å². The Morgan fingerprint density at radius 2 is 2.00 bits per heavy atom. The molecule has 20 heavy (non-hydrogen) atoms. The summed E-state index contributed by atoms with van der Waals surface area (Å²) in [5.74, 6) is 2.68. The van der Waals surface area contributed by atoms with E-state index in [0.717, 1.165) is 46.8 Å². The zero-order valence-electron chi connectivity index (χ0n) is 11.9. The fraction of sp³-hybridized carbons (Fsp3) is 0.375. The van der Waals surface area contributed by atoms with Crippen LogP contribution in [0.15, 0.2) is 39.2 Å². The van der Waals surface area contributed by atoms with Gasteiger partial charge in [-0.25, -0.2) is 0 Å². The molecule has 0 atom stereocenters. The molecule has 1 aromatic heterocycles. The molecule has 108 valence electrons. The van der Waals surface area contributed by atoms with Crippen molar-refractivity contribution in [3.8, 4) is 5.75 Å². The van der Waals surface area contributed by atoms with Crippen LogP contribution in [-0.4, -0.2) is 6.54 Å². The van der Waals surface area contributed by atoms with Crippen molar-refractivity contribution < 1.29 is 9.15 Å². The smallest absolute Gasteiger partial charge is 0.146 e. The van der Waals surface area contributed by atoms with Crippen molar-refractivity contribution in [1.82, 2.24) is 5.32 Å². The highest BCUT2D eigenvalue weighted by atomic mass is 79.9. The molecule has 0 saturated carbocycles. The van der Waals surface area contributed by atoms with Gasteiger partial charge in [0.05, 0.1) is 6.54 Å². The quantitative estimate of drug-likeness (QED) is 0.759. The van der Waals surface area contributed by atoms with Crippen LogP contribution < -0.4 is 10.1 Å². The number of ether oxygens (including phenoxy) is 1. The number of hydrogen-bond acceptors (Lipinski definition) is 3. The maximum atomic E-state index is 5.78. The fourth-order valence-electron chi connectivity index (χ4n) is 1.91. The number of aryl methyl sites for hydroxylation is 1. The van der Waals surface area contributed by atoms with Gasteiger partial charge in [0.1, 0.15) is 23.9 Å². The lowest BCUT2D eigenvalue weighted by molar-refractivity contribution is 0.263. The van der Waals surface area contributed by atoms with Gasteiger partial charge in [-0.15, -0.1) is 0 Å². The molecular weight excluding hydrogens is 318 g/mol. The molecule has 2 aromatic rings. The standard InChI is InChI=1S/C16H20BrNO2/c1-3-8-18-10-14-5-6-15(20-14)11-19-16-7-4-13(17)9-12(16)2/h4-7,9,18H,3,8,10-11H2,1-2H3. The van der Waals surface area contributed by atoms with E-state index in [0.29, 0.717) is 6.61 Å². The van der Waals surface area contributed by atoms with Gasteiger partial charge >= 0.3 is 0 Å². The monoisotopic (exact) mass is 337 g/mol. The predicted molar refractivity (Wildman–Crippen MR) is 83.9 cm³/mol. The maximum absolute atomic E-state index is 5.78. The third kappa shape index (κ3) is 4.39. The molecule has 1 N–H and O–H groups in total. The van der Waals surface area contributed by atoms with E-state index in [1.54, 1.807) is 0 Å². The Hall–Kier alpha value is -1.26. The maximum Gasteiger partial charge on any atom is 0.146 e. The molecule has 3 nitrogen and oxygen atoms in total. The zero-order chi connectivity index (χ0) is 14.4. The highest BCUT2D eigenvalue weighted by Gasteiger charge is 2.05. The van der Waals surface area contributed by atoms with E-state index in [-0.39, 0.29) is 0 Å². The van der Waals surface area contributed by atoms with Crippen LogP contribution in [0.1, 0.15) is 30.4 Å². The van der Waals surface area contributed by atoms with Crippen molar-refractivity contribution in [1.29, 1.82) is 0 Å². The summed E-state index contributed by atoms with van der Waals surface area (Å²) in [5, 5.41) is 3.31. The van der Waals surface area contributed by atoms with Gasteiger partial charge in [0.2, 0.25) is 0 Å². The van der Waals surface area contributed by atoms with Crippen molar-refractivity contribution in [2.75, 3.05) is 6.54 Å². The first-order valence-corrected chi connectivity index (χ1v) is 7.65. The van der Waals surface area contributed by atoms with E-state index in [1.165, 1.54) is 0 Å². The highest BCUT2D eigenvalue weighted by molar-refractivity contribution is 9.10. The third-order valence-corrected chi connectivity index (χ3v) is 3.44. The Morgan fingerprint density at radius 1 is 1.20 bits per heavy atom. The van der Waals surface area contributed by atoms with Gasteiger partial charge < -0.3 is 14.5 Å². The summed E-state index contributed by atoms with van der Waals surface area (Å²) in [7, 11) is 0. The summed E-state index contributed by atoms with van der Waals surface area (Å²) in [6.45, 7) is 6.41. The van der Waals surface area contributed by atoms with E-state index < -0.39 is 0 Å². The molecule has 0 radical (unpaired) electrons. The molecular formula is C16H20BrNO2. The summed E-state index contributed by atoms with van der Waals surface area (Å²) in [6.07, 6.45) is 1.12. The van der Waals surface area contributed by atoms with Gasteiger partial charge in [0.15, 0.2) is 0 Å². The van der Waals surface area contributed by atoms with Crippen LogP contribution in [-0.2, 0) is 13.2 Å². The Kier molecular flexibility index (Phi) is 5.68. The van der Waals surface area contributed by atoms with Crippen molar-refractivity contribution in [3.63, 3.8) is 0 Å². The zero-order valence-corrected chi connectivity index (χ0v) is 13.5. The number of rotatable bonds is 7. The Balaban J connectivity index is 1.87. The lowest BCUT2D eigenvalue weighted by atomic mass is 10.2. The number of hydrogen-bond donors (Lipinski definition) is 1. The third-order valence-electron chi connectivity index (χ3n) is 2.95. The van der Waals surface area contributed by atoms with Gasteiger partial charge in [-0.3, -0.25) is 0 Å². The Morgan fingerprint density at radius 3 is 2.75 bits per heavy atom. The lowest BCUT2D eigenvalue weighted by Crippen LogP contribution is -2.13. The predicted octanol–water partition coefficient (Wildman–Crippen LogP) is 4.43. The fourth-order valence-corrected chi connectivity index (χ4v) is 2.38. The van der Waals surface area contributed by atoms with Crippen molar-refractivity contribution >= 4 is 15.9 Å². The lowest BCUT2D eigenvalue weighted by Gasteiger charge is -2.07. The minimum Gasteiger partial charge on any atom is -0.485 e. The number of benzene rings is 1. The molecule has 0 aliphatic carbocycles. The molecule has 0 amide bonds. The summed E-state index contributed by atoms with van der Waals surface area (Å²) in [6, 6.07) is 9.95. The van der Waals surface area contributed by atoms with Gasteiger partial charge in [-0.1, -0.05) is 22.9 Å². The van der Waals surface area contributed by atoms with Gasteiger partial charge in [0.25, 0.3) is 0 Å². The van der Waals surface area contributed by atoms with Crippen LogP contribution in [0.2, 0.25) is 0 Å². The first-order valence-electron chi connectivity index (χ1n) is 6.86. The van der Waals surface area contributed by atoms with Crippen LogP contribution in [0.4, 0.5) is 0 Å². The Bertz CT molecular complexity index is 551.